The van der Waals surface area contributed by atoms with Crippen LogP contribution in [0.5, 0.6) is 0 Å². The minimum absolute atomic E-state index is 0.00793. The van der Waals surface area contributed by atoms with Gasteiger partial charge in [0.25, 0.3) is 5.91 Å². The Bertz CT molecular complexity index is 932. The number of carbonyl (C=O) groups is 3. The second-order valence-electron chi connectivity index (χ2n) is 7.54. The summed E-state index contributed by atoms with van der Waals surface area (Å²) in [5.74, 6) is -0.119. The average molecular weight is 429 g/mol. The quantitative estimate of drug-likeness (QED) is 0.740. The Labute approximate surface area is 181 Å². The molecule has 1 aliphatic heterocycles. The molecular formula is C22H28N4O3S. The third kappa shape index (κ3) is 5.67. The highest BCUT2D eigenvalue weighted by atomic mass is 32.1. The first-order valence-electron chi connectivity index (χ1n) is 10.0. The zero-order valence-corrected chi connectivity index (χ0v) is 18.5. The van der Waals surface area contributed by atoms with Crippen LogP contribution in [0.2, 0.25) is 0 Å². The van der Waals surface area contributed by atoms with Crippen molar-refractivity contribution in [1.82, 2.24) is 15.1 Å². The number of thiophene rings is 1. The van der Waals surface area contributed by atoms with E-state index in [0.29, 0.717) is 44.1 Å². The second kappa shape index (κ2) is 9.86. The number of nitrogens with zero attached hydrogens (tertiary/aromatic N) is 2. The number of benzene rings is 1. The summed E-state index contributed by atoms with van der Waals surface area (Å²) in [6.07, 6.45) is 0. The molecule has 2 heterocycles. The molecular weight excluding hydrogens is 400 g/mol. The van der Waals surface area contributed by atoms with Crippen LogP contribution in [0.1, 0.15) is 32.6 Å². The van der Waals surface area contributed by atoms with E-state index < -0.39 is 0 Å². The van der Waals surface area contributed by atoms with E-state index in [1.54, 1.807) is 0 Å². The molecule has 1 aromatic heterocycles. The first kappa shape index (κ1) is 22.0. The smallest absolute Gasteiger partial charge is 0.264 e. The van der Waals surface area contributed by atoms with Gasteiger partial charge in [-0.05, 0) is 43.2 Å². The summed E-state index contributed by atoms with van der Waals surface area (Å²) in [6.45, 7) is 8.77. The number of rotatable bonds is 6. The lowest BCUT2D eigenvalue weighted by Gasteiger charge is -2.34. The van der Waals surface area contributed by atoms with Crippen LogP contribution < -0.4 is 10.6 Å². The molecule has 1 saturated heterocycles. The number of piperazine rings is 1. The monoisotopic (exact) mass is 428 g/mol. The van der Waals surface area contributed by atoms with E-state index in [2.05, 4.69) is 15.5 Å². The third-order valence-corrected chi connectivity index (χ3v) is 6.36. The molecule has 0 spiro atoms. The predicted molar refractivity (Wildman–Crippen MR) is 119 cm³/mol. The van der Waals surface area contributed by atoms with Gasteiger partial charge in [-0.2, -0.15) is 0 Å². The van der Waals surface area contributed by atoms with Crippen LogP contribution in [0, 0.1) is 13.8 Å². The molecule has 7 nitrogen and oxygen atoms in total. The largest absolute Gasteiger partial charge is 0.351 e. The summed E-state index contributed by atoms with van der Waals surface area (Å²) in [7, 11) is 0. The van der Waals surface area contributed by atoms with Gasteiger partial charge in [0.15, 0.2) is 0 Å². The van der Waals surface area contributed by atoms with E-state index in [9.17, 15) is 14.4 Å². The van der Waals surface area contributed by atoms with Crippen LogP contribution in [0.15, 0.2) is 30.3 Å². The van der Waals surface area contributed by atoms with Crippen LogP contribution in [0.4, 0.5) is 5.69 Å². The highest BCUT2D eigenvalue weighted by Gasteiger charge is 2.24. The van der Waals surface area contributed by atoms with Crippen LogP contribution >= 0.6 is 11.3 Å². The third-order valence-electron chi connectivity index (χ3n) is 5.29. The molecule has 3 rings (SSSR count). The summed E-state index contributed by atoms with van der Waals surface area (Å²) in [6, 6.07) is 9.57. The molecule has 0 unspecified atom stereocenters. The van der Waals surface area contributed by atoms with Crippen molar-refractivity contribution in [1.29, 1.82) is 0 Å². The van der Waals surface area contributed by atoms with Gasteiger partial charge in [0.1, 0.15) is 0 Å². The maximum Gasteiger partial charge on any atom is 0.264 e. The standard InChI is InChI=1S/C22H28N4O3S/c1-15-5-4-6-19(16(15)2)24-21(28)14-25-9-11-26(12-10-25)22(29)20-8-7-18(30-20)13-23-17(3)27/h4-8H,9-14H2,1-3H3,(H,23,27)(H,24,28). The van der Waals surface area contributed by atoms with Gasteiger partial charge in [0.2, 0.25) is 11.8 Å². The summed E-state index contributed by atoms with van der Waals surface area (Å²) in [5, 5.41) is 5.73. The molecule has 8 heteroatoms. The van der Waals surface area contributed by atoms with Crippen molar-refractivity contribution in [3.63, 3.8) is 0 Å². The van der Waals surface area contributed by atoms with Crippen molar-refractivity contribution in [2.24, 2.45) is 0 Å². The summed E-state index contributed by atoms with van der Waals surface area (Å²) in [4.78, 5) is 41.7. The molecule has 1 aromatic carbocycles. The molecule has 30 heavy (non-hydrogen) atoms. The number of aryl methyl sites for hydroxylation is 1. The molecule has 160 valence electrons. The highest BCUT2D eigenvalue weighted by molar-refractivity contribution is 7.14. The predicted octanol–water partition coefficient (Wildman–Crippen LogP) is 2.40. The second-order valence-corrected chi connectivity index (χ2v) is 8.71. The van der Waals surface area contributed by atoms with E-state index in [1.165, 1.54) is 18.3 Å². The topological polar surface area (TPSA) is 81.8 Å². The Kier molecular flexibility index (Phi) is 7.23. The van der Waals surface area contributed by atoms with Gasteiger partial charge in [-0.25, -0.2) is 0 Å². The fraction of sp³-hybridized carbons (Fsp3) is 0.409. The van der Waals surface area contributed by atoms with E-state index in [1.807, 2.05) is 49.1 Å². The molecule has 0 atom stereocenters. The summed E-state index contributed by atoms with van der Waals surface area (Å²) in [5.41, 5.74) is 3.07. The maximum atomic E-state index is 12.7. The maximum absolute atomic E-state index is 12.7. The zero-order chi connectivity index (χ0) is 21.7. The van der Waals surface area contributed by atoms with E-state index in [-0.39, 0.29) is 17.7 Å². The van der Waals surface area contributed by atoms with Crippen molar-refractivity contribution in [2.75, 3.05) is 38.0 Å². The lowest BCUT2D eigenvalue weighted by molar-refractivity contribution is -0.119. The number of anilines is 1. The molecule has 0 radical (unpaired) electrons. The number of nitrogens with one attached hydrogen (secondary N) is 2. The number of amides is 3. The van der Waals surface area contributed by atoms with Crippen LogP contribution in [-0.4, -0.2) is 60.2 Å². The van der Waals surface area contributed by atoms with E-state index >= 15 is 0 Å². The SMILES string of the molecule is CC(=O)NCc1ccc(C(=O)N2CCN(CC(=O)Nc3cccc(C)c3C)CC2)s1. The molecule has 2 N–H and O–H groups in total. The van der Waals surface area contributed by atoms with Crippen LogP contribution in [0.25, 0.3) is 0 Å². The van der Waals surface area contributed by atoms with Crippen LogP contribution in [-0.2, 0) is 16.1 Å². The lowest BCUT2D eigenvalue weighted by Crippen LogP contribution is -2.50. The Balaban J connectivity index is 1.47. The number of hydrogen-bond acceptors (Lipinski definition) is 5. The molecule has 0 aliphatic carbocycles. The number of hydrogen-bond donors (Lipinski definition) is 2. The van der Waals surface area contributed by atoms with E-state index in [4.69, 9.17) is 0 Å². The fourth-order valence-electron chi connectivity index (χ4n) is 3.34. The average Bonchev–Trinajstić information content (AvgIpc) is 3.19. The first-order valence-corrected chi connectivity index (χ1v) is 10.9. The highest BCUT2D eigenvalue weighted by Crippen LogP contribution is 2.20. The minimum Gasteiger partial charge on any atom is -0.351 e. The Hall–Kier alpha value is -2.71. The molecule has 1 fully saturated rings. The van der Waals surface area contributed by atoms with Crippen molar-refractivity contribution in [2.45, 2.75) is 27.3 Å². The molecule has 3 amide bonds. The molecule has 1 aliphatic rings. The van der Waals surface area contributed by atoms with Crippen LogP contribution in [0.3, 0.4) is 0 Å². The Morgan fingerprint density at radius 2 is 1.77 bits per heavy atom. The Morgan fingerprint density at radius 1 is 1.03 bits per heavy atom. The van der Waals surface area contributed by atoms with Gasteiger partial charge in [-0.1, -0.05) is 12.1 Å². The molecule has 0 saturated carbocycles. The zero-order valence-electron chi connectivity index (χ0n) is 17.7. The van der Waals surface area contributed by atoms with Gasteiger partial charge in [0, 0.05) is 43.7 Å². The molecule has 2 aromatic rings. The van der Waals surface area contributed by atoms with Gasteiger partial charge in [-0.3, -0.25) is 19.3 Å². The van der Waals surface area contributed by atoms with Gasteiger partial charge in [-0.15, -0.1) is 11.3 Å². The van der Waals surface area contributed by atoms with Gasteiger partial charge >= 0.3 is 0 Å². The Morgan fingerprint density at radius 3 is 2.47 bits per heavy atom. The van der Waals surface area contributed by atoms with E-state index in [0.717, 1.165) is 21.7 Å². The van der Waals surface area contributed by atoms with Crippen molar-refractivity contribution < 1.29 is 14.4 Å². The number of carbonyl (C=O) groups excluding carboxylic acids is 3. The van der Waals surface area contributed by atoms with Gasteiger partial charge in [0.05, 0.1) is 18.0 Å². The van der Waals surface area contributed by atoms with Gasteiger partial charge < -0.3 is 15.5 Å². The minimum atomic E-state index is -0.0889. The summed E-state index contributed by atoms with van der Waals surface area (Å²) < 4.78 is 0. The molecule has 0 bridgehead atoms. The normalized spacial score (nSPS) is 14.4. The lowest BCUT2D eigenvalue weighted by atomic mass is 10.1. The summed E-state index contributed by atoms with van der Waals surface area (Å²) >= 11 is 1.41. The first-order chi connectivity index (χ1) is 14.3. The van der Waals surface area contributed by atoms with Crippen molar-refractivity contribution in [3.8, 4) is 0 Å². The fourth-order valence-corrected chi connectivity index (χ4v) is 4.26. The van der Waals surface area contributed by atoms with Crippen molar-refractivity contribution >= 4 is 34.7 Å². The van der Waals surface area contributed by atoms with Crippen molar-refractivity contribution in [3.05, 3.63) is 51.2 Å².